The smallest absolute Gasteiger partial charge is 0.360 e. The maximum absolute atomic E-state index is 11.5. The molecule has 1 aromatic carbocycles. The lowest BCUT2D eigenvalue weighted by molar-refractivity contribution is 0.0519. The predicted molar refractivity (Wildman–Crippen MR) is 80.8 cm³/mol. The highest BCUT2D eigenvalue weighted by molar-refractivity contribution is 5.87. The first-order chi connectivity index (χ1) is 10.2. The topological polar surface area (TPSA) is 64.4 Å². The van der Waals surface area contributed by atoms with Crippen LogP contribution in [0.4, 0.5) is 11.7 Å². The van der Waals surface area contributed by atoms with E-state index in [1.54, 1.807) is 6.92 Å². The van der Waals surface area contributed by atoms with E-state index >= 15 is 0 Å². The Morgan fingerprint density at radius 3 is 2.71 bits per heavy atom. The van der Waals surface area contributed by atoms with Gasteiger partial charge in [-0.1, -0.05) is 25.5 Å². The lowest BCUT2D eigenvalue weighted by atomic mass is 10.1. The van der Waals surface area contributed by atoms with E-state index in [0.29, 0.717) is 6.61 Å². The maximum Gasteiger partial charge on any atom is 0.360 e. The van der Waals surface area contributed by atoms with Crippen molar-refractivity contribution in [2.24, 2.45) is 0 Å². The molecular weight excluding hydrogens is 268 g/mol. The molecule has 1 aromatic heterocycles. The van der Waals surface area contributed by atoms with Crippen LogP contribution in [-0.2, 0) is 11.2 Å². The van der Waals surface area contributed by atoms with Crippen LogP contribution in [0.2, 0.25) is 0 Å². The van der Waals surface area contributed by atoms with Crippen molar-refractivity contribution in [3.05, 3.63) is 41.8 Å². The molecule has 2 rings (SSSR count). The molecule has 0 atom stereocenters. The first-order valence-electron chi connectivity index (χ1n) is 7.21. The van der Waals surface area contributed by atoms with Gasteiger partial charge in [0.05, 0.1) is 6.61 Å². The third-order valence-corrected chi connectivity index (χ3v) is 3.01. The van der Waals surface area contributed by atoms with Crippen LogP contribution in [0.1, 0.15) is 42.7 Å². The van der Waals surface area contributed by atoms with Crippen LogP contribution in [0.5, 0.6) is 0 Å². The second kappa shape index (κ2) is 7.47. The minimum atomic E-state index is -0.482. The summed E-state index contributed by atoms with van der Waals surface area (Å²) in [5.41, 5.74) is 2.34. The van der Waals surface area contributed by atoms with Gasteiger partial charge in [0, 0.05) is 5.69 Å². The Morgan fingerprint density at radius 2 is 2.05 bits per heavy atom. The van der Waals surface area contributed by atoms with Gasteiger partial charge in [-0.25, -0.2) is 4.79 Å². The Hall–Kier alpha value is -2.30. The molecule has 5 heteroatoms. The van der Waals surface area contributed by atoms with Crippen LogP contribution in [0, 0.1) is 0 Å². The van der Waals surface area contributed by atoms with Crippen molar-refractivity contribution in [1.29, 1.82) is 0 Å². The monoisotopic (exact) mass is 288 g/mol. The molecule has 0 spiro atoms. The Balaban J connectivity index is 1.96. The molecule has 0 fully saturated rings. The van der Waals surface area contributed by atoms with Crippen LogP contribution in [0.15, 0.2) is 34.9 Å². The van der Waals surface area contributed by atoms with E-state index < -0.39 is 5.97 Å². The minimum Gasteiger partial charge on any atom is -0.461 e. The third-order valence-electron chi connectivity index (χ3n) is 3.01. The number of esters is 1. The normalized spacial score (nSPS) is 10.4. The average Bonchev–Trinajstić information content (AvgIpc) is 2.95. The van der Waals surface area contributed by atoms with Crippen LogP contribution in [-0.4, -0.2) is 17.6 Å². The molecule has 2 aromatic rings. The summed E-state index contributed by atoms with van der Waals surface area (Å²) in [4.78, 5) is 15.5. The summed E-state index contributed by atoms with van der Waals surface area (Å²) in [5, 5.41) is 3.02. The highest BCUT2D eigenvalue weighted by atomic mass is 16.5. The van der Waals surface area contributed by atoms with Gasteiger partial charge in [-0.3, -0.25) is 0 Å². The summed E-state index contributed by atoms with van der Waals surface area (Å²) in [6.45, 7) is 4.24. The molecule has 0 aliphatic heterocycles. The number of hydrogen-bond donors (Lipinski definition) is 1. The van der Waals surface area contributed by atoms with Crippen LogP contribution in [0.3, 0.4) is 0 Å². The number of ether oxygens (including phenoxy) is 1. The van der Waals surface area contributed by atoms with E-state index in [1.165, 1.54) is 24.7 Å². The van der Waals surface area contributed by atoms with Crippen LogP contribution < -0.4 is 5.32 Å². The Bertz CT molecular complexity index is 575. The lowest BCUT2D eigenvalue weighted by Gasteiger charge is -2.03. The van der Waals surface area contributed by atoms with Crippen molar-refractivity contribution < 1.29 is 13.9 Å². The molecule has 0 radical (unpaired) electrons. The van der Waals surface area contributed by atoms with E-state index in [-0.39, 0.29) is 11.7 Å². The van der Waals surface area contributed by atoms with Crippen molar-refractivity contribution in [3.8, 4) is 0 Å². The number of unbranched alkanes of at least 4 members (excludes halogenated alkanes) is 1. The SMILES string of the molecule is CCCCc1ccc(Nc2nc(C(=O)OCC)co2)cc1. The maximum atomic E-state index is 11.5. The van der Waals surface area contributed by atoms with Crippen LogP contribution in [0.25, 0.3) is 0 Å². The van der Waals surface area contributed by atoms with Crippen molar-refractivity contribution in [1.82, 2.24) is 4.98 Å². The van der Waals surface area contributed by atoms with Crippen molar-refractivity contribution in [3.63, 3.8) is 0 Å². The zero-order chi connectivity index (χ0) is 15.1. The third kappa shape index (κ3) is 4.34. The van der Waals surface area contributed by atoms with Crippen molar-refractivity contribution in [2.75, 3.05) is 11.9 Å². The number of nitrogens with zero attached hydrogens (tertiary/aromatic N) is 1. The van der Waals surface area contributed by atoms with Crippen molar-refractivity contribution >= 4 is 17.7 Å². The van der Waals surface area contributed by atoms with Gasteiger partial charge in [-0.05, 0) is 37.5 Å². The molecule has 0 saturated carbocycles. The van der Waals surface area contributed by atoms with Gasteiger partial charge in [0.2, 0.25) is 0 Å². The van der Waals surface area contributed by atoms with Gasteiger partial charge in [0.15, 0.2) is 5.69 Å². The zero-order valence-corrected chi connectivity index (χ0v) is 12.4. The van der Waals surface area contributed by atoms with Gasteiger partial charge in [-0.15, -0.1) is 0 Å². The van der Waals surface area contributed by atoms with Gasteiger partial charge in [-0.2, -0.15) is 4.98 Å². The molecular formula is C16H20N2O3. The van der Waals surface area contributed by atoms with Crippen molar-refractivity contribution in [2.45, 2.75) is 33.1 Å². The second-order valence-corrected chi connectivity index (χ2v) is 4.68. The minimum absolute atomic E-state index is 0.166. The van der Waals surface area contributed by atoms with E-state index in [4.69, 9.17) is 9.15 Å². The van der Waals surface area contributed by atoms with Gasteiger partial charge in [0.25, 0.3) is 6.01 Å². The van der Waals surface area contributed by atoms with Gasteiger partial charge >= 0.3 is 5.97 Å². The zero-order valence-electron chi connectivity index (χ0n) is 12.4. The lowest BCUT2D eigenvalue weighted by Crippen LogP contribution is -2.04. The number of carbonyl (C=O) groups is 1. The van der Waals surface area contributed by atoms with E-state index in [2.05, 4.69) is 29.4 Å². The summed E-state index contributed by atoms with van der Waals surface area (Å²) >= 11 is 0. The summed E-state index contributed by atoms with van der Waals surface area (Å²) in [6.07, 6.45) is 4.75. The first kappa shape index (κ1) is 15.1. The average molecular weight is 288 g/mol. The number of carbonyl (C=O) groups excluding carboxylic acids is 1. The van der Waals surface area contributed by atoms with E-state index in [0.717, 1.165) is 12.1 Å². The number of benzene rings is 1. The number of rotatable bonds is 7. The Labute approximate surface area is 124 Å². The standard InChI is InChI=1S/C16H20N2O3/c1-3-5-6-12-7-9-13(10-8-12)17-16-18-14(11-21-16)15(19)20-4-2/h7-11H,3-6H2,1-2H3,(H,17,18). The number of hydrogen-bond acceptors (Lipinski definition) is 5. The number of aromatic nitrogens is 1. The molecule has 0 unspecified atom stereocenters. The largest absolute Gasteiger partial charge is 0.461 e. The molecule has 1 N–H and O–H groups in total. The molecule has 0 bridgehead atoms. The number of aryl methyl sites for hydroxylation is 1. The fourth-order valence-electron chi connectivity index (χ4n) is 1.89. The summed E-state index contributed by atoms with van der Waals surface area (Å²) in [5.74, 6) is -0.482. The number of nitrogens with one attached hydrogen (secondary N) is 1. The fraction of sp³-hybridized carbons (Fsp3) is 0.375. The van der Waals surface area contributed by atoms with E-state index in [9.17, 15) is 4.79 Å². The molecule has 0 saturated heterocycles. The number of anilines is 2. The van der Waals surface area contributed by atoms with Gasteiger partial charge < -0.3 is 14.5 Å². The Kier molecular flexibility index (Phi) is 5.37. The second-order valence-electron chi connectivity index (χ2n) is 4.68. The first-order valence-corrected chi connectivity index (χ1v) is 7.21. The fourth-order valence-corrected chi connectivity index (χ4v) is 1.89. The molecule has 1 heterocycles. The quantitative estimate of drug-likeness (QED) is 0.782. The highest BCUT2D eigenvalue weighted by Gasteiger charge is 2.13. The van der Waals surface area contributed by atoms with Crippen LogP contribution >= 0.6 is 0 Å². The predicted octanol–water partition coefficient (Wildman–Crippen LogP) is 3.94. The molecule has 5 nitrogen and oxygen atoms in total. The number of oxazole rings is 1. The highest BCUT2D eigenvalue weighted by Crippen LogP contribution is 2.17. The molecule has 21 heavy (non-hydrogen) atoms. The summed E-state index contributed by atoms with van der Waals surface area (Å²) in [7, 11) is 0. The van der Waals surface area contributed by atoms with Gasteiger partial charge in [0.1, 0.15) is 6.26 Å². The molecule has 0 aliphatic rings. The summed E-state index contributed by atoms with van der Waals surface area (Å²) in [6, 6.07) is 8.37. The summed E-state index contributed by atoms with van der Waals surface area (Å²) < 4.78 is 10.1. The molecule has 0 amide bonds. The Morgan fingerprint density at radius 1 is 1.29 bits per heavy atom. The molecule has 0 aliphatic carbocycles. The molecule has 112 valence electrons. The van der Waals surface area contributed by atoms with E-state index in [1.807, 2.05) is 12.1 Å².